The number of aliphatic hydroxyl groups is 1. The minimum atomic E-state index is 0.303. The van der Waals surface area contributed by atoms with Gasteiger partial charge in [-0.3, -0.25) is 5.10 Å². The molecule has 21 heavy (non-hydrogen) atoms. The van der Waals surface area contributed by atoms with E-state index in [1.165, 1.54) is 0 Å². The maximum Gasteiger partial charge on any atom is 0.199 e. The Morgan fingerprint density at radius 2 is 2.14 bits per heavy atom. The number of anilines is 1. The van der Waals surface area contributed by atoms with Crippen LogP contribution in [0.1, 0.15) is 32.0 Å². The van der Waals surface area contributed by atoms with E-state index in [-0.39, 0.29) is 0 Å². The number of nitrogen functional groups attached to an aromatic ring is 1. The molecule has 0 aliphatic rings. The van der Waals surface area contributed by atoms with Gasteiger partial charge in [-0.25, -0.2) is 9.97 Å². The van der Waals surface area contributed by atoms with Gasteiger partial charge in [-0.15, -0.1) is 0 Å². The Balaban J connectivity index is 0.000000240. The van der Waals surface area contributed by atoms with E-state index in [0.717, 1.165) is 25.1 Å². The van der Waals surface area contributed by atoms with Crippen LogP contribution in [0.2, 0.25) is 0 Å². The van der Waals surface area contributed by atoms with Crippen LogP contribution in [0.3, 0.4) is 0 Å². The molecule has 0 fully saturated rings. The molecule has 1 unspecified atom stereocenters. The zero-order chi connectivity index (χ0) is 15.7. The lowest BCUT2D eigenvalue weighted by atomic mass is 10.2. The van der Waals surface area contributed by atoms with Crippen molar-refractivity contribution in [1.82, 2.24) is 20.2 Å². The Labute approximate surface area is 130 Å². The molecule has 6 nitrogen and oxygen atoms in total. The molecular weight excluding hydrogens is 286 g/mol. The molecule has 116 valence electrons. The van der Waals surface area contributed by atoms with Crippen LogP contribution in [-0.4, -0.2) is 37.1 Å². The largest absolute Gasteiger partial charge is 0.396 e. The number of nitrogens with two attached hydrogens (primary N) is 1. The lowest BCUT2D eigenvalue weighted by Crippen LogP contribution is -1.96. The molecule has 1 atom stereocenters. The fraction of sp³-hybridized carbons (Fsp3) is 0.500. The van der Waals surface area contributed by atoms with Gasteiger partial charge in [-0.05, 0) is 38.3 Å². The highest BCUT2D eigenvalue weighted by Gasteiger charge is 2.04. The summed E-state index contributed by atoms with van der Waals surface area (Å²) in [6.45, 7) is 4.24. The summed E-state index contributed by atoms with van der Waals surface area (Å²) in [4.78, 5) is 8.23. The minimum absolute atomic E-state index is 0.303. The van der Waals surface area contributed by atoms with Gasteiger partial charge in [0.15, 0.2) is 5.82 Å². The van der Waals surface area contributed by atoms with Crippen LogP contribution in [0.5, 0.6) is 0 Å². The Hall–Kier alpha value is -1.60. The summed E-state index contributed by atoms with van der Waals surface area (Å²) in [6.07, 6.45) is 3.03. The minimum Gasteiger partial charge on any atom is -0.396 e. The molecule has 0 radical (unpaired) electrons. The number of hydrogen-bond acceptors (Lipinski definition) is 6. The van der Waals surface area contributed by atoms with Gasteiger partial charge in [0.05, 0.1) is 0 Å². The van der Waals surface area contributed by atoms with Gasteiger partial charge < -0.3 is 10.8 Å². The molecule has 4 N–H and O–H groups in total. The van der Waals surface area contributed by atoms with Crippen LogP contribution in [0.25, 0.3) is 11.5 Å². The molecule has 0 aromatic carbocycles. The first-order chi connectivity index (χ1) is 10.1. The van der Waals surface area contributed by atoms with Crippen molar-refractivity contribution in [2.75, 3.05) is 12.3 Å². The summed E-state index contributed by atoms with van der Waals surface area (Å²) in [5.41, 5.74) is 6.21. The number of nitrogens with one attached hydrogen (secondary N) is 1. The number of aromatic nitrogens is 4. The summed E-state index contributed by atoms with van der Waals surface area (Å²) < 4.78 is 0. The first-order valence-electron chi connectivity index (χ1n) is 6.97. The van der Waals surface area contributed by atoms with Crippen molar-refractivity contribution < 1.29 is 5.11 Å². The first-order valence-corrected chi connectivity index (χ1v) is 7.49. The van der Waals surface area contributed by atoms with Crippen molar-refractivity contribution in [3.05, 3.63) is 24.0 Å². The number of rotatable bonds is 5. The molecule has 2 aromatic rings. The average molecular weight is 309 g/mol. The van der Waals surface area contributed by atoms with Crippen molar-refractivity contribution in [3.63, 3.8) is 0 Å². The number of thiol groups is 1. The smallest absolute Gasteiger partial charge is 0.199 e. The lowest BCUT2D eigenvalue weighted by Gasteiger charge is -2.03. The van der Waals surface area contributed by atoms with Crippen molar-refractivity contribution in [2.45, 2.75) is 38.4 Å². The first kappa shape index (κ1) is 17.5. The molecule has 0 bridgehead atoms. The number of H-pyrrole nitrogens is 1. The van der Waals surface area contributed by atoms with E-state index in [9.17, 15) is 0 Å². The Kier molecular flexibility index (Phi) is 7.78. The van der Waals surface area contributed by atoms with Crippen molar-refractivity contribution in [3.8, 4) is 11.5 Å². The van der Waals surface area contributed by atoms with Gasteiger partial charge in [-0.2, -0.15) is 17.7 Å². The number of pyridine rings is 1. The molecule has 0 saturated carbocycles. The normalized spacial score (nSPS) is 11.6. The van der Waals surface area contributed by atoms with E-state index < -0.39 is 0 Å². The zero-order valence-electron chi connectivity index (χ0n) is 12.5. The van der Waals surface area contributed by atoms with Crippen LogP contribution in [0, 0.1) is 6.92 Å². The van der Waals surface area contributed by atoms with E-state index in [4.69, 9.17) is 10.8 Å². The van der Waals surface area contributed by atoms with Gasteiger partial charge in [0, 0.05) is 11.9 Å². The Morgan fingerprint density at radius 3 is 2.67 bits per heavy atom. The van der Waals surface area contributed by atoms with Crippen LogP contribution >= 0.6 is 12.6 Å². The van der Waals surface area contributed by atoms with E-state index >= 15 is 0 Å². The monoisotopic (exact) mass is 309 g/mol. The van der Waals surface area contributed by atoms with Gasteiger partial charge in [0.25, 0.3) is 0 Å². The number of aromatic amines is 1. The van der Waals surface area contributed by atoms with Crippen LogP contribution in [0.15, 0.2) is 18.2 Å². The second kappa shape index (κ2) is 9.36. The predicted molar refractivity (Wildman–Crippen MR) is 88.1 cm³/mol. The van der Waals surface area contributed by atoms with E-state index in [0.29, 0.717) is 29.2 Å². The quantitative estimate of drug-likeness (QED) is 0.635. The summed E-state index contributed by atoms with van der Waals surface area (Å²) in [5, 5.41) is 15.6. The molecule has 0 saturated heterocycles. The Morgan fingerprint density at radius 1 is 1.38 bits per heavy atom. The lowest BCUT2D eigenvalue weighted by molar-refractivity contribution is 0.284. The standard InChI is InChI=1S/C8H9N5.C6H14OS/c1-5-10-8(13-12-5)6-3-2-4-7(9)11-6;1-2-6(8)4-3-5-7/h2-4H,1H3,(H2,9,11)(H,10,12,13);6-8H,2-5H2,1H3. The number of hydrogen-bond donors (Lipinski definition) is 4. The fourth-order valence-electron chi connectivity index (χ4n) is 1.56. The van der Waals surface area contributed by atoms with E-state index in [2.05, 4.69) is 39.7 Å². The molecule has 2 rings (SSSR count). The molecule has 2 aromatic heterocycles. The summed E-state index contributed by atoms with van der Waals surface area (Å²) in [6, 6.07) is 5.37. The van der Waals surface area contributed by atoms with Crippen molar-refractivity contribution >= 4 is 18.4 Å². The molecule has 0 aliphatic heterocycles. The third kappa shape index (κ3) is 6.59. The third-order valence-corrected chi connectivity index (χ3v) is 3.39. The van der Waals surface area contributed by atoms with E-state index in [1.807, 2.05) is 19.1 Å². The third-order valence-electron chi connectivity index (χ3n) is 2.76. The van der Waals surface area contributed by atoms with E-state index in [1.54, 1.807) is 6.07 Å². The van der Waals surface area contributed by atoms with Crippen molar-refractivity contribution in [2.24, 2.45) is 0 Å². The molecule has 0 spiro atoms. The molecule has 2 heterocycles. The molecule has 7 heteroatoms. The summed E-state index contributed by atoms with van der Waals surface area (Å²) in [5.74, 6) is 1.81. The number of aliphatic hydroxyl groups excluding tert-OH is 1. The topological polar surface area (TPSA) is 101 Å². The maximum absolute atomic E-state index is 8.38. The average Bonchev–Trinajstić information content (AvgIpc) is 2.92. The Bertz CT molecular complexity index is 532. The summed E-state index contributed by atoms with van der Waals surface area (Å²) >= 11 is 4.25. The maximum atomic E-state index is 8.38. The highest BCUT2D eigenvalue weighted by atomic mass is 32.1. The molecule has 0 aliphatic carbocycles. The highest BCUT2D eigenvalue weighted by molar-refractivity contribution is 7.80. The molecule has 0 amide bonds. The van der Waals surface area contributed by atoms with Gasteiger partial charge in [0.2, 0.25) is 0 Å². The predicted octanol–water partition coefficient (Wildman–Crippen LogP) is 2.22. The van der Waals surface area contributed by atoms with Gasteiger partial charge >= 0.3 is 0 Å². The summed E-state index contributed by atoms with van der Waals surface area (Å²) in [7, 11) is 0. The SMILES string of the molecule is CCC(S)CCCO.Cc1nc(-c2cccc(N)n2)n[nH]1. The van der Waals surface area contributed by atoms with Crippen LogP contribution < -0.4 is 5.73 Å². The fourth-order valence-corrected chi connectivity index (χ4v) is 1.75. The second-order valence-electron chi connectivity index (χ2n) is 4.62. The number of nitrogens with zero attached hydrogens (tertiary/aromatic N) is 3. The highest BCUT2D eigenvalue weighted by Crippen LogP contribution is 2.12. The zero-order valence-corrected chi connectivity index (χ0v) is 13.3. The molecular formula is C14H23N5OS. The van der Waals surface area contributed by atoms with Crippen molar-refractivity contribution in [1.29, 1.82) is 0 Å². The number of aryl methyl sites for hydroxylation is 1. The van der Waals surface area contributed by atoms with Gasteiger partial charge in [-0.1, -0.05) is 13.0 Å². The van der Waals surface area contributed by atoms with Crippen LogP contribution in [0.4, 0.5) is 5.82 Å². The second-order valence-corrected chi connectivity index (χ2v) is 5.35. The van der Waals surface area contributed by atoms with Crippen LogP contribution in [-0.2, 0) is 0 Å². The van der Waals surface area contributed by atoms with Gasteiger partial charge in [0.1, 0.15) is 17.3 Å².